The lowest BCUT2D eigenvalue weighted by Crippen LogP contribution is -2.52. The van der Waals surface area contributed by atoms with Gasteiger partial charge < -0.3 is 19.7 Å². The van der Waals surface area contributed by atoms with Gasteiger partial charge in [0.2, 0.25) is 21.8 Å². The van der Waals surface area contributed by atoms with Gasteiger partial charge in [0.25, 0.3) is 0 Å². The molecule has 0 heterocycles. The fraction of sp³-hybridized carbons (Fsp3) is 0.286. The van der Waals surface area contributed by atoms with Crippen molar-refractivity contribution >= 4 is 39.1 Å². The van der Waals surface area contributed by atoms with Gasteiger partial charge in [-0.1, -0.05) is 54.1 Å². The van der Waals surface area contributed by atoms with E-state index in [2.05, 4.69) is 5.32 Å². The number of rotatable bonds is 12. The lowest BCUT2D eigenvalue weighted by atomic mass is 10.0. The van der Waals surface area contributed by atoms with Crippen molar-refractivity contribution in [2.75, 3.05) is 38.4 Å². The topological polar surface area (TPSA) is 105 Å². The fourth-order valence-corrected chi connectivity index (χ4v) is 5.20. The number of anilines is 1. The van der Waals surface area contributed by atoms with E-state index in [0.717, 1.165) is 16.1 Å². The van der Waals surface area contributed by atoms with Crippen molar-refractivity contribution in [3.63, 3.8) is 0 Å². The maximum Gasteiger partial charge on any atom is 0.244 e. The predicted octanol–water partition coefficient (Wildman–Crippen LogP) is 3.51. The van der Waals surface area contributed by atoms with Crippen LogP contribution >= 0.6 is 11.6 Å². The van der Waals surface area contributed by atoms with Crippen molar-refractivity contribution < 1.29 is 27.5 Å². The molecule has 11 heteroatoms. The molecule has 3 rings (SSSR count). The van der Waals surface area contributed by atoms with E-state index < -0.39 is 28.5 Å². The van der Waals surface area contributed by atoms with Crippen LogP contribution in [0.25, 0.3) is 0 Å². The quantitative estimate of drug-likeness (QED) is 0.355. The van der Waals surface area contributed by atoms with Crippen LogP contribution in [0.2, 0.25) is 5.02 Å². The molecule has 0 aliphatic heterocycles. The van der Waals surface area contributed by atoms with E-state index in [1.54, 1.807) is 36.4 Å². The molecule has 3 aromatic carbocycles. The summed E-state index contributed by atoms with van der Waals surface area (Å²) in [7, 11) is 0.380. The van der Waals surface area contributed by atoms with Gasteiger partial charge in [-0.2, -0.15) is 0 Å². The van der Waals surface area contributed by atoms with Crippen LogP contribution in [0.4, 0.5) is 5.69 Å². The number of likely N-dealkylation sites (N-methyl/N-ethyl adjacent to an activating group) is 1. The van der Waals surface area contributed by atoms with Crippen LogP contribution in [0.15, 0.2) is 72.8 Å². The molecule has 0 bridgehead atoms. The van der Waals surface area contributed by atoms with E-state index in [4.69, 9.17) is 21.1 Å². The van der Waals surface area contributed by atoms with Crippen LogP contribution in [0.5, 0.6) is 11.5 Å². The molecule has 0 fully saturated rings. The number of methoxy groups -OCH3 is 2. The zero-order chi connectivity index (χ0) is 28.6. The number of halogens is 1. The van der Waals surface area contributed by atoms with Crippen molar-refractivity contribution in [1.29, 1.82) is 0 Å². The molecule has 0 aliphatic carbocycles. The summed E-state index contributed by atoms with van der Waals surface area (Å²) >= 11 is 6.20. The lowest BCUT2D eigenvalue weighted by molar-refractivity contribution is -0.139. The normalized spacial score (nSPS) is 11.8. The third-order valence-corrected chi connectivity index (χ3v) is 7.45. The lowest BCUT2D eigenvalue weighted by Gasteiger charge is -2.33. The minimum Gasteiger partial charge on any atom is -0.497 e. The van der Waals surface area contributed by atoms with Crippen LogP contribution in [0.3, 0.4) is 0 Å². The fourth-order valence-electron chi connectivity index (χ4n) is 4.14. The first kappa shape index (κ1) is 29.8. The molecule has 39 heavy (non-hydrogen) atoms. The van der Waals surface area contributed by atoms with Gasteiger partial charge in [-0.3, -0.25) is 13.9 Å². The summed E-state index contributed by atoms with van der Waals surface area (Å²) in [5.74, 6) is -0.355. The molecule has 0 aromatic heterocycles. The summed E-state index contributed by atoms with van der Waals surface area (Å²) in [4.78, 5) is 28.5. The Morgan fingerprint density at radius 3 is 2.23 bits per heavy atom. The average molecular weight is 574 g/mol. The number of hydrogen-bond donors (Lipinski definition) is 1. The molecule has 0 aliphatic rings. The average Bonchev–Trinajstić information content (AvgIpc) is 2.92. The van der Waals surface area contributed by atoms with Crippen LogP contribution in [0.1, 0.15) is 11.1 Å². The molecule has 0 saturated heterocycles. The second-order valence-electron chi connectivity index (χ2n) is 8.78. The first-order chi connectivity index (χ1) is 18.6. The van der Waals surface area contributed by atoms with Gasteiger partial charge in [0.05, 0.1) is 26.2 Å². The largest absolute Gasteiger partial charge is 0.497 e. The standard InChI is InChI=1S/C28H32ClN3O6S/c1-30-28(34)25(16-20-9-6-5-7-10-20)31(18-21-11-8-12-22(29)15-21)27(33)19-32(39(4,35)36)24-17-23(37-2)13-14-26(24)38-3/h5-15,17,25H,16,18-19H2,1-4H3,(H,30,34)/t25-/m1/s1. The van der Waals surface area contributed by atoms with E-state index in [9.17, 15) is 18.0 Å². The Balaban J connectivity index is 2.08. The van der Waals surface area contributed by atoms with Crippen molar-refractivity contribution in [3.05, 3.63) is 88.9 Å². The van der Waals surface area contributed by atoms with Gasteiger partial charge in [0.15, 0.2) is 0 Å². The molecule has 0 saturated carbocycles. The number of sulfonamides is 1. The minimum atomic E-state index is -3.97. The van der Waals surface area contributed by atoms with Gasteiger partial charge >= 0.3 is 0 Å². The first-order valence-corrected chi connectivity index (χ1v) is 14.3. The molecular weight excluding hydrogens is 542 g/mol. The zero-order valence-electron chi connectivity index (χ0n) is 22.3. The van der Waals surface area contributed by atoms with Crippen LogP contribution in [-0.4, -0.2) is 65.2 Å². The molecule has 0 unspecified atom stereocenters. The van der Waals surface area contributed by atoms with E-state index in [1.165, 1.54) is 32.2 Å². The van der Waals surface area contributed by atoms with Gasteiger partial charge in [0, 0.05) is 31.1 Å². The molecule has 0 radical (unpaired) electrons. The first-order valence-electron chi connectivity index (χ1n) is 12.1. The Morgan fingerprint density at radius 1 is 0.949 bits per heavy atom. The number of carbonyl (C=O) groups is 2. The Kier molecular flexibility index (Phi) is 10.2. The number of amides is 2. The molecule has 9 nitrogen and oxygen atoms in total. The Hall–Kier alpha value is -3.76. The number of nitrogens with zero attached hydrogens (tertiary/aromatic N) is 2. The molecule has 0 spiro atoms. The van der Waals surface area contributed by atoms with E-state index in [1.807, 2.05) is 30.3 Å². The molecule has 2 amide bonds. The molecular formula is C28H32ClN3O6S. The van der Waals surface area contributed by atoms with Crippen LogP contribution < -0.4 is 19.1 Å². The Bertz CT molecular complexity index is 1400. The Morgan fingerprint density at radius 2 is 1.64 bits per heavy atom. The van der Waals surface area contributed by atoms with E-state index in [0.29, 0.717) is 16.3 Å². The van der Waals surface area contributed by atoms with Crippen molar-refractivity contribution in [3.8, 4) is 11.5 Å². The summed E-state index contributed by atoms with van der Waals surface area (Å²) in [6.45, 7) is -0.553. The molecule has 208 valence electrons. The van der Waals surface area contributed by atoms with E-state index in [-0.39, 0.29) is 30.3 Å². The number of carbonyl (C=O) groups excluding carboxylic acids is 2. The molecule has 1 atom stereocenters. The highest BCUT2D eigenvalue weighted by Gasteiger charge is 2.33. The SMILES string of the molecule is CNC(=O)[C@@H](Cc1ccccc1)N(Cc1cccc(Cl)c1)C(=O)CN(c1cc(OC)ccc1OC)S(C)(=O)=O. The highest BCUT2D eigenvalue weighted by molar-refractivity contribution is 7.92. The summed E-state index contributed by atoms with van der Waals surface area (Å²) in [5.41, 5.74) is 1.65. The zero-order valence-corrected chi connectivity index (χ0v) is 23.8. The second kappa shape index (κ2) is 13.3. The predicted molar refractivity (Wildman–Crippen MR) is 152 cm³/mol. The maximum atomic E-state index is 14.0. The van der Waals surface area contributed by atoms with Gasteiger partial charge in [-0.25, -0.2) is 8.42 Å². The van der Waals surface area contributed by atoms with E-state index >= 15 is 0 Å². The van der Waals surface area contributed by atoms with Gasteiger partial charge in [-0.15, -0.1) is 0 Å². The van der Waals surface area contributed by atoms with Crippen molar-refractivity contribution in [2.45, 2.75) is 19.0 Å². The number of hydrogen-bond acceptors (Lipinski definition) is 6. The highest BCUT2D eigenvalue weighted by atomic mass is 35.5. The second-order valence-corrected chi connectivity index (χ2v) is 11.1. The summed E-state index contributed by atoms with van der Waals surface area (Å²) in [5, 5.41) is 3.11. The third-order valence-electron chi connectivity index (χ3n) is 6.09. The molecule has 1 N–H and O–H groups in total. The molecule has 3 aromatic rings. The van der Waals surface area contributed by atoms with Crippen LogP contribution in [-0.2, 0) is 32.6 Å². The minimum absolute atomic E-state index is 0.0250. The number of ether oxygens (including phenoxy) is 2. The van der Waals surface area contributed by atoms with Crippen LogP contribution in [0, 0.1) is 0 Å². The Labute approximate surface area is 234 Å². The summed E-state index contributed by atoms with van der Waals surface area (Å²) < 4.78 is 37.6. The smallest absolute Gasteiger partial charge is 0.244 e. The number of benzene rings is 3. The maximum absolute atomic E-state index is 14.0. The number of nitrogens with one attached hydrogen (secondary N) is 1. The summed E-state index contributed by atoms with van der Waals surface area (Å²) in [6, 6.07) is 19.9. The van der Waals surface area contributed by atoms with Crippen molar-refractivity contribution in [2.24, 2.45) is 0 Å². The third kappa shape index (κ3) is 7.87. The van der Waals surface area contributed by atoms with Crippen molar-refractivity contribution in [1.82, 2.24) is 10.2 Å². The monoisotopic (exact) mass is 573 g/mol. The van der Waals surface area contributed by atoms with Gasteiger partial charge in [-0.05, 0) is 35.4 Å². The summed E-state index contributed by atoms with van der Waals surface area (Å²) in [6.07, 6.45) is 1.22. The van der Waals surface area contributed by atoms with Gasteiger partial charge in [0.1, 0.15) is 24.1 Å². The highest BCUT2D eigenvalue weighted by Crippen LogP contribution is 2.34.